The van der Waals surface area contributed by atoms with E-state index in [1.54, 1.807) is 17.4 Å². The molecule has 8 nitrogen and oxygen atoms in total. The van der Waals surface area contributed by atoms with Crippen LogP contribution in [0.4, 0.5) is 5.69 Å². The van der Waals surface area contributed by atoms with Crippen LogP contribution >= 0.6 is 0 Å². The molecule has 3 heterocycles. The molecule has 3 amide bonds. The Balaban J connectivity index is 1.39. The first kappa shape index (κ1) is 16.4. The summed E-state index contributed by atoms with van der Waals surface area (Å²) in [5.74, 6) is -3.64. The van der Waals surface area contributed by atoms with Crippen LogP contribution < -0.4 is 10.6 Å². The fourth-order valence-corrected chi connectivity index (χ4v) is 4.31. The van der Waals surface area contributed by atoms with Crippen molar-refractivity contribution in [3.05, 3.63) is 64.7 Å². The molecular formula is C25H28N4O4. The number of amides is 3. The summed E-state index contributed by atoms with van der Waals surface area (Å²) in [6.07, 6.45) is -6.51. The normalized spacial score (nSPS) is 28.7. The van der Waals surface area contributed by atoms with Crippen molar-refractivity contribution in [1.29, 1.82) is 0 Å². The fraction of sp³-hybridized carbons (Fsp3) is 0.400. The first-order valence-electron chi connectivity index (χ1n) is 13.4. The van der Waals surface area contributed by atoms with E-state index in [9.17, 15) is 14.4 Å². The van der Waals surface area contributed by atoms with Gasteiger partial charge in [-0.25, -0.2) is 0 Å². The zero-order chi connectivity index (χ0) is 27.3. The molecule has 5 rings (SSSR count). The van der Waals surface area contributed by atoms with E-state index in [1.807, 2.05) is 18.2 Å². The highest BCUT2D eigenvalue weighted by atomic mass is 16.5. The molecule has 0 aromatic heterocycles. The van der Waals surface area contributed by atoms with Gasteiger partial charge < -0.3 is 15.0 Å². The van der Waals surface area contributed by atoms with Crippen LogP contribution in [0.2, 0.25) is 0 Å². The fourth-order valence-electron chi connectivity index (χ4n) is 4.31. The third-order valence-electron chi connectivity index (χ3n) is 6.06. The number of carbonyl (C=O) groups is 3. The van der Waals surface area contributed by atoms with Gasteiger partial charge in [0, 0.05) is 61.4 Å². The number of carbonyl (C=O) groups excluding carboxylic acids is 3. The number of ether oxygens (including phenoxy) is 1. The Morgan fingerprint density at radius 2 is 1.88 bits per heavy atom. The summed E-state index contributed by atoms with van der Waals surface area (Å²) >= 11 is 0. The maximum absolute atomic E-state index is 13.3. The summed E-state index contributed by atoms with van der Waals surface area (Å²) in [6.45, 7) is 4.01. The van der Waals surface area contributed by atoms with Gasteiger partial charge in [0.05, 0.1) is 14.6 Å². The number of nitrogens with one attached hydrogen (secondary N) is 2. The van der Waals surface area contributed by atoms with E-state index in [1.165, 1.54) is 6.07 Å². The van der Waals surface area contributed by atoms with E-state index >= 15 is 0 Å². The van der Waals surface area contributed by atoms with Crippen LogP contribution in [0.3, 0.4) is 0 Å². The van der Waals surface area contributed by atoms with Gasteiger partial charge in [-0.3, -0.25) is 24.6 Å². The van der Waals surface area contributed by atoms with E-state index in [-0.39, 0.29) is 12.1 Å². The first-order valence-corrected chi connectivity index (χ1v) is 10.9. The van der Waals surface area contributed by atoms with Crippen molar-refractivity contribution in [2.45, 2.75) is 38.4 Å². The molecule has 0 radical (unpaired) electrons. The molecule has 33 heavy (non-hydrogen) atoms. The van der Waals surface area contributed by atoms with Crippen LogP contribution in [-0.2, 0) is 34.0 Å². The van der Waals surface area contributed by atoms with E-state index in [2.05, 4.69) is 16.3 Å². The van der Waals surface area contributed by atoms with Gasteiger partial charge in [-0.15, -0.1) is 0 Å². The molecule has 0 aliphatic carbocycles. The van der Waals surface area contributed by atoms with Crippen LogP contribution in [-0.4, -0.2) is 59.8 Å². The Bertz CT molecular complexity index is 1300. The Hall–Kier alpha value is -3.23. The maximum atomic E-state index is 13.3. The van der Waals surface area contributed by atoms with Crippen LogP contribution in [0.15, 0.2) is 42.5 Å². The zero-order valence-electron chi connectivity index (χ0n) is 23.0. The molecular weight excluding hydrogens is 420 g/mol. The minimum absolute atomic E-state index is 0.185. The van der Waals surface area contributed by atoms with Gasteiger partial charge in [-0.05, 0) is 29.6 Å². The van der Waals surface area contributed by atoms with Crippen molar-refractivity contribution in [1.82, 2.24) is 15.1 Å². The summed E-state index contributed by atoms with van der Waals surface area (Å²) < 4.78 is 46.6. The number of nitrogens with zero attached hydrogens (tertiary/aromatic N) is 2. The third-order valence-corrected chi connectivity index (χ3v) is 6.06. The lowest BCUT2D eigenvalue weighted by Gasteiger charge is -2.29. The topological polar surface area (TPSA) is 91.0 Å². The Labute approximate surface area is 199 Å². The molecule has 2 aromatic rings. The molecule has 2 N–H and O–H groups in total. The number of piperidine rings is 1. The van der Waals surface area contributed by atoms with Crippen LogP contribution in [0, 0.1) is 0 Å². The summed E-state index contributed by atoms with van der Waals surface area (Å²) in [6, 6.07) is 9.95. The van der Waals surface area contributed by atoms with Gasteiger partial charge in [-0.1, -0.05) is 30.3 Å². The van der Waals surface area contributed by atoms with Crippen LogP contribution in [0.5, 0.6) is 0 Å². The molecule has 0 bridgehead atoms. The maximum Gasteiger partial charge on any atom is 0.255 e. The van der Waals surface area contributed by atoms with E-state index in [4.69, 9.17) is 11.6 Å². The minimum atomic E-state index is -3.30. The molecule has 172 valence electrons. The monoisotopic (exact) mass is 453 g/mol. The number of anilines is 1. The second-order valence-electron chi connectivity index (χ2n) is 8.12. The average Bonchev–Trinajstić information content (AvgIpc) is 3.24. The largest absolute Gasteiger partial charge is 0.381 e. The molecule has 0 saturated carbocycles. The summed E-state index contributed by atoms with van der Waals surface area (Å²) in [5, 5.41) is 5.08. The summed E-state index contributed by atoms with van der Waals surface area (Å²) in [7, 11) is 0. The molecule has 8 heteroatoms. The van der Waals surface area contributed by atoms with Gasteiger partial charge in [0.25, 0.3) is 5.91 Å². The van der Waals surface area contributed by atoms with Gasteiger partial charge in [0.2, 0.25) is 11.8 Å². The number of rotatable bonds is 6. The summed E-state index contributed by atoms with van der Waals surface area (Å²) in [5.41, 5.74) is 3.44. The lowest BCUT2D eigenvalue weighted by atomic mass is 10.0. The number of fused-ring (bicyclic) bond motifs is 1. The number of benzene rings is 2. The molecule has 1 unspecified atom stereocenters. The van der Waals surface area contributed by atoms with Gasteiger partial charge >= 0.3 is 0 Å². The smallest absolute Gasteiger partial charge is 0.255 e. The predicted molar refractivity (Wildman–Crippen MR) is 122 cm³/mol. The SMILES string of the molecule is [2H]C1([2H])C(=O)NC(=O)C([2H])(N2Cc3c(NCc4ccccc4CN4CCOCC4)cccc3C2=O)C1([2H])[2H]. The highest BCUT2D eigenvalue weighted by molar-refractivity contribution is 6.06. The zero-order valence-corrected chi connectivity index (χ0v) is 18.0. The second kappa shape index (κ2) is 9.33. The van der Waals surface area contributed by atoms with Gasteiger partial charge in [-0.2, -0.15) is 0 Å². The quantitative estimate of drug-likeness (QED) is 0.650. The van der Waals surface area contributed by atoms with Crippen molar-refractivity contribution in [2.75, 3.05) is 31.6 Å². The second-order valence-corrected chi connectivity index (χ2v) is 8.12. The molecule has 0 spiro atoms. The van der Waals surface area contributed by atoms with Gasteiger partial charge in [0.15, 0.2) is 0 Å². The highest BCUT2D eigenvalue weighted by Gasteiger charge is 2.39. The molecule has 3 aliphatic heterocycles. The lowest BCUT2D eigenvalue weighted by Crippen LogP contribution is -2.52. The Morgan fingerprint density at radius 1 is 1.09 bits per heavy atom. The van der Waals surface area contributed by atoms with E-state index < -0.39 is 36.5 Å². The number of hydrogen-bond acceptors (Lipinski definition) is 6. The average molecular weight is 454 g/mol. The number of hydrogen-bond donors (Lipinski definition) is 2. The Morgan fingerprint density at radius 3 is 2.70 bits per heavy atom. The van der Waals surface area contributed by atoms with Crippen LogP contribution in [0.1, 0.15) is 46.6 Å². The number of imide groups is 1. The highest BCUT2D eigenvalue weighted by Crippen LogP contribution is 2.32. The van der Waals surface area contributed by atoms with E-state index in [0.717, 1.165) is 30.8 Å². The minimum Gasteiger partial charge on any atom is -0.381 e. The predicted octanol–water partition coefficient (Wildman–Crippen LogP) is 1.89. The van der Waals surface area contributed by atoms with Crippen molar-refractivity contribution in [3.63, 3.8) is 0 Å². The molecule has 2 saturated heterocycles. The Kier molecular flexibility index (Phi) is 4.63. The molecule has 1 atom stereocenters. The van der Waals surface area contributed by atoms with Crippen molar-refractivity contribution < 1.29 is 26.0 Å². The first-order chi connectivity index (χ1) is 18.0. The van der Waals surface area contributed by atoms with Gasteiger partial charge in [0.1, 0.15) is 6.02 Å². The molecule has 2 aromatic carbocycles. The summed E-state index contributed by atoms with van der Waals surface area (Å²) in [4.78, 5) is 41.1. The molecule has 2 fully saturated rings. The standard InChI is InChI=1S/C25H28N4O4/c30-23-9-8-22(24(31)27-23)29-16-20-19(25(29)32)6-3-7-21(20)26-14-17-4-1-2-5-18(17)15-28-10-12-33-13-11-28/h1-7,22,26H,8-16H2,(H,27,30,31)/i8D2,9D2,22D. The lowest BCUT2D eigenvalue weighted by molar-refractivity contribution is -0.136. The van der Waals surface area contributed by atoms with Crippen molar-refractivity contribution >= 4 is 23.4 Å². The molecule has 3 aliphatic rings. The van der Waals surface area contributed by atoms with Crippen molar-refractivity contribution in [2.24, 2.45) is 0 Å². The third kappa shape index (κ3) is 4.49. The van der Waals surface area contributed by atoms with Crippen molar-refractivity contribution in [3.8, 4) is 0 Å². The number of morpholine rings is 1. The van der Waals surface area contributed by atoms with E-state index in [0.29, 0.717) is 35.9 Å². The van der Waals surface area contributed by atoms with Crippen LogP contribution in [0.25, 0.3) is 0 Å².